The van der Waals surface area contributed by atoms with Gasteiger partial charge in [-0.15, -0.1) is 11.3 Å². The highest BCUT2D eigenvalue weighted by atomic mass is 32.1. The molecule has 0 saturated carbocycles. The van der Waals surface area contributed by atoms with Gasteiger partial charge < -0.3 is 15.3 Å². The molecule has 0 aliphatic heterocycles. The average molecular weight is 421 g/mol. The van der Waals surface area contributed by atoms with Gasteiger partial charge in [-0.05, 0) is 36.4 Å². The molecule has 1 aromatic carbocycles. The quantitative estimate of drug-likeness (QED) is 0.423. The fourth-order valence-corrected chi connectivity index (χ4v) is 4.50. The molecule has 6 nitrogen and oxygen atoms in total. The van der Waals surface area contributed by atoms with Crippen LogP contribution in [0.1, 0.15) is 34.9 Å². The molecule has 3 heterocycles. The summed E-state index contributed by atoms with van der Waals surface area (Å²) < 4.78 is 0. The molecule has 0 spiro atoms. The molecule has 30 heavy (non-hydrogen) atoms. The summed E-state index contributed by atoms with van der Waals surface area (Å²) in [7, 11) is 0. The second-order valence-corrected chi connectivity index (χ2v) is 8.60. The van der Waals surface area contributed by atoms with Gasteiger partial charge in [0.15, 0.2) is 0 Å². The minimum absolute atomic E-state index is 0.0482. The van der Waals surface area contributed by atoms with Crippen molar-refractivity contribution in [3.63, 3.8) is 0 Å². The lowest BCUT2D eigenvalue weighted by Crippen LogP contribution is -2.35. The van der Waals surface area contributed by atoms with Gasteiger partial charge in [0.2, 0.25) is 5.91 Å². The van der Waals surface area contributed by atoms with Crippen LogP contribution in [0, 0.1) is 12.8 Å². The molecule has 0 radical (unpaired) electrons. The number of aromatic nitrogens is 3. The van der Waals surface area contributed by atoms with Crippen molar-refractivity contribution < 1.29 is 4.79 Å². The summed E-state index contributed by atoms with van der Waals surface area (Å²) in [6.07, 6.45) is 3.18. The molecule has 0 aliphatic rings. The van der Waals surface area contributed by atoms with Crippen LogP contribution in [-0.2, 0) is 17.6 Å². The lowest BCUT2D eigenvalue weighted by atomic mass is 10.00. The third-order valence-corrected chi connectivity index (χ3v) is 6.09. The summed E-state index contributed by atoms with van der Waals surface area (Å²) in [6, 6.07) is 13.1. The van der Waals surface area contributed by atoms with Crippen molar-refractivity contribution >= 4 is 28.1 Å². The lowest BCUT2D eigenvalue weighted by molar-refractivity contribution is -0.125. The SMILES string of the molecule is Cc1nc([C@@H](Cc2c[nH]c3ccccc23)NC(=O)[C@@H](C)Cc2cccs2)cc(=O)[nH]1. The van der Waals surface area contributed by atoms with Crippen molar-refractivity contribution in [2.24, 2.45) is 5.92 Å². The van der Waals surface area contributed by atoms with Crippen LogP contribution in [0.25, 0.3) is 10.9 Å². The molecule has 3 N–H and O–H groups in total. The van der Waals surface area contributed by atoms with Gasteiger partial charge >= 0.3 is 0 Å². The molecule has 3 aromatic heterocycles. The number of hydrogen-bond donors (Lipinski definition) is 3. The van der Waals surface area contributed by atoms with Gasteiger partial charge in [0.25, 0.3) is 5.56 Å². The molecule has 154 valence electrons. The monoisotopic (exact) mass is 420 g/mol. The second kappa shape index (κ2) is 8.67. The predicted octanol–water partition coefficient (Wildman–Crippen LogP) is 3.90. The van der Waals surface area contributed by atoms with Crippen molar-refractivity contribution in [3.05, 3.63) is 86.4 Å². The maximum absolute atomic E-state index is 13.0. The second-order valence-electron chi connectivity index (χ2n) is 7.56. The molecular formula is C23H24N4O2S. The summed E-state index contributed by atoms with van der Waals surface area (Å²) in [5.74, 6) is 0.299. The van der Waals surface area contributed by atoms with Crippen LogP contribution < -0.4 is 10.9 Å². The summed E-state index contributed by atoms with van der Waals surface area (Å²) >= 11 is 1.65. The number of hydrogen-bond acceptors (Lipinski definition) is 4. The van der Waals surface area contributed by atoms with E-state index in [4.69, 9.17) is 0 Å². The van der Waals surface area contributed by atoms with Crippen molar-refractivity contribution in [3.8, 4) is 0 Å². The van der Waals surface area contributed by atoms with Crippen molar-refractivity contribution in [1.29, 1.82) is 0 Å². The van der Waals surface area contributed by atoms with Crippen LogP contribution in [-0.4, -0.2) is 20.9 Å². The Kier molecular flexibility index (Phi) is 5.81. The third kappa shape index (κ3) is 4.52. The first kappa shape index (κ1) is 20.1. The first-order valence-electron chi connectivity index (χ1n) is 9.95. The number of para-hydroxylation sites is 1. The Morgan fingerprint density at radius 2 is 2.03 bits per heavy atom. The van der Waals surface area contributed by atoms with Crippen LogP contribution >= 0.6 is 11.3 Å². The Morgan fingerprint density at radius 3 is 2.80 bits per heavy atom. The molecule has 2 atom stereocenters. The largest absolute Gasteiger partial charge is 0.361 e. The van der Waals surface area contributed by atoms with Gasteiger partial charge in [-0.25, -0.2) is 4.98 Å². The van der Waals surface area contributed by atoms with E-state index < -0.39 is 6.04 Å². The van der Waals surface area contributed by atoms with Crippen molar-refractivity contribution in [1.82, 2.24) is 20.3 Å². The number of thiophene rings is 1. The highest BCUT2D eigenvalue weighted by molar-refractivity contribution is 7.09. The number of aryl methyl sites for hydroxylation is 1. The summed E-state index contributed by atoms with van der Waals surface area (Å²) in [5, 5.41) is 6.26. The van der Waals surface area contributed by atoms with Crippen molar-refractivity contribution in [2.75, 3.05) is 0 Å². The topological polar surface area (TPSA) is 90.6 Å². The number of amides is 1. The van der Waals surface area contributed by atoms with E-state index in [1.165, 1.54) is 10.9 Å². The predicted molar refractivity (Wildman–Crippen MR) is 120 cm³/mol. The molecular weight excluding hydrogens is 396 g/mol. The number of nitrogens with one attached hydrogen (secondary N) is 3. The fourth-order valence-electron chi connectivity index (χ4n) is 3.67. The number of H-pyrrole nitrogens is 2. The van der Waals surface area contributed by atoms with Crippen LogP contribution in [0.4, 0.5) is 0 Å². The smallest absolute Gasteiger partial charge is 0.251 e. The summed E-state index contributed by atoms with van der Waals surface area (Å²) in [4.78, 5) is 36.7. The van der Waals surface area contributed by atoms with Crippen molar-refractivity contribution in [2.45, 2.75) is 32.7 Å². The summed E-state index contributed by atoms with van der Waals surface area (Å²) in [5.41, 5.74) is 2.46. The lowest BCUT2D eigenvalue weighted by Gasteiger charge is -2.21. The number of benzene rings is 1. The van der Waals surface area contributed by atoms with Gasteiger partial charge in [0, 0.05) is 40.4 Å². The minimum atomic E-state index is -0.400. The first-order chi connectivity index (χ1) is 14.5. The zero-order valence-corrected chi connectivity index (χ0v) is 17.8. The van der Waals surface area contributed by atoms with E-state index in [2.05, 4.69) is 26.3 Å². The normalized spacial score (nSPS) is 13.3. The van der Waals surface area contributed by atoms with E-state index in [9.17, 15) is 9.59 Å². The maximum Gasteiger partial charge on any atom is 0.251 e. The van der Waals surface area contributed by atoms with Crippen LogP contribution in [0.3, 0.4) is 0 Å². The molecule has 0 unspecified atom stereocenters. The third-order valence-electron chi connectivity index (χ3n) is 5.19. The molecule has 7 heteroatoms. The van der Waals surface area contributed by atoms with Crippen LogP contribution in [0.5, 0.6) is 0 Å². The van der Waals surface area contributed by atoms with E-state index in [0.717, 1.165) is 16.5 Å². The average Bonchev–Trinajstić information content (AvgIpc) is 3.37. The Labute approximate surface area is 178 Å². The molecule has 0 aliphatic carbocycles. The molecule has 1 amide bonds. The molecule has 0 saturated heterocycles. The summed E-state index contributed by atoms with van der Waals surface area (Å²) in [6.45, 7) is 3.67. The molecule has 4 rings (SSSR count). The molecule has 0 fully saturated rings. The van der Waals surface area contributed by atoms with Crippen LogP contribution in [0.2, 0.25) is 0 Å². The van der Waals surface area contributed by atoms with E-state index in [1.54, 1.807) is 18.3 Å². The fraction of sp³-hybridized carbons (Fsp3) is 0.261. The van der Waals surface area contributed by atoms with Gasteiger partial charge in [0.1, 0.15) is 5.82 Å². The Morgan fingerprint density at radius 1 is 1.20 bits per heavy atom. The van der Waals surface area contributed by atoms with E-state index in [1.807, 2.05) is 48.8 Å². The molecule has 0 bridgehead atoms. The number of rotatable bonds is 7. The standard InChI is InChI=1S/C23H24N4O2S/c1-14(10-17-6-5-9-30-17)23(29)27-20(21-12-22(28)26-15(2)25-21)11-16-13-24-19-8-4-3-7-18(16)19/h3-9,12-14,20,24H,10-11H2,1-2H3,(H,27,29)(H,25,26,28)/t14-,20+/m0/s1. The number of nitrogens with zero attached hydrogens (tertiary/aromatic N) is 1. The van der Waals surface area contributed by atoms with Gasteiger partial charge in [-0.2, -0.15) is 0 Å². The highest BCUT2D eigenvalue weighted by Gasteiger charge is 2.23. The minimum Gasteiger partial charge on any atom is -0.361 e. The Bertz CT molecular complexity index is 1210. The number of aromatic amines is 2. The highest BCUT2D eigenvalue weighted by Crippen LogP contribution is 2.24. The van der Waals surface area contributed by atoms with Gasteiger partial charge in [-0.3, -0.25) is 9.59 Å². The Hall–Kier alpha value is -3.19. The van der Waals surface area contributed by atoms with Crippen LogP contribution in [0.15, 0.2) is 58.8 Å². The Balaban J connectivity index is 1.61. The van der Waals surface area contributed by atoms with Gasteiger partial charge in [-0.1, -0.05) is 31.2 Å². The first-order valence-corrected chi connectivity index (χ1v) is 10.8. The number of fused-ring (bicyclic) bond motifs is 1. The zero-order chi connectivity index (χ0) is 21.1. The number of carbonyl (C=O) groups is 1. The van der Waals surface area contributed by atoms with E-state index >= 15 is 0 Å². The zero-order valence-electron chi connectivity index (χ0n) is 16.9. The number of carbonyl (C=O) groups excluding carboxylic acids is 1. The maximum atomic E-state index is 13.0. The van der Waals surface area contributed by atoms with Gasteiger partial charge in [0.05, 0.1) is 11.7 Å². The van der Waals surface area contributed by atoms with E-state index in [0.29, 0.717) is 24.4 Å². The van der Waals surface area contributed by atoms with E-state index in [-0.39, 0.29) is 17.4 Å². The molecule has 4 aromatic rings.